The summed E-state index contributed by atoms with van der Waals surface area (Å²) in [7, 11) is 0. The lowest BCUT2D eigenvalue weighted by Gasteiger charge is -2.04. The molecule has 0 bridgehead atoms. The molecule has 0 unspecified atom stereocenters. The van der Waals surface area contributed by atoms with Crippen LogP contribution in [0.15, 0.2) is 28.7 Å². The minimum absolute atomic E-state index is 0. The number of esters is 1. The fraction of sp³-hybridized carbons (Fsp3) is 0.385. The zero-order valence-corrected chi connectivity index (χ0v) is 13.1. The first-order valence-electron chi connectivity index (χ1n) is 5.78. The van der Waals surface area contributed by atoms with Crippen molar-refractivity contribution < 1.29 is 14.3 Å². The number of carbonyl (C=O) groups excluding carboxylic acids is 2. The molecule has 1 N–H and O–H groups in total. The normalized spacial score (nSPS) is 9.58. The van der Waals surface area contributed by atoms with Crippen LogP contribution in [0.5, 0.6) is 0 Å². The Balaban J connectivity index is 0.00000324. The van der Waals surface area contributed by atoms with E-state index < -0.39 is 0 Å². The quantitative estimate of drug-likeness (QED) is 0.466. The van der Waals surface area contributed by atoms with Crippen molar-refractivity contribution in [2.24, 2.45) is 0 Å². The van der Waals surface area contributed by atoms with Crippen LogP contribution in [0.2, 0.25) is 0 Å². The molecular formula is C13H17BrClNO3. The Bertz CT molecular complexity index is 409. The van der Waals surface area contributed by atoms with E-state index in [4.69, 9.17) is 4.74 Å². The summed E-state index contributed by atoms with van der Waals surface area (Å²) in [5.41, 5.74) is 0.677. The summed E-state index contributed by atoms with van der Waals surface area (Å²) in [6.45, 7) is 2.74. The Morgan fingerprint density at radius 1 is 1.26 bits per heavy atom. The van der Waals surface area contributed by atoms with Gasteiger partial charge in [-0.2, -0.15) is 0 Å². The Morgan fingerprint density at radius 3 is 2.47 bits per heavy atom. The summed E-state index contributed by atoms with van der Waals surface area (Å²) in [4.78, 5) is 22.8. The number of carbonyl (C=O) groups is 2. The molecule has 0 heterocycles. The Kier molecular flexibility index (Phi) is 9.47. The van der Waals surface area contributed by atoms with Gasteiger partial charge in [0.05, 0.1) is 13.2 Å². The van der Waals surface area contributed by atoms with E-state index in [1.54, 1.807) is 19.1 Å². The van der Waals surface area contributed by atoms with Crippen molar-refractivity contribution >= 4 is 40.1 Å². The number of rotatable bonds is 7. The molecule has 0 saturated carbocycles. The summed E-state index contributed by atoms with van der Waals surface area (Å²) < 4.78 is 5.70. The van der Waals surface area contributed by atoms with Crippen molar-refractivity contribution in [1.82, 2.24) is 5.32 Å². The minimum Gasteiger partial charge on any atom is -0.465 e. The van der Waals surface area contributed by atoms with Gasteiger partial charge in [0.1, 0.15) is 0 Å². The van der Waals surface area contributed by atoms with Crippen molar-refractivity contribution in [3.8, 4) is 0 Å². The van der Waals surface area contributed by atoms with Gasteiger partial charge in [0.15, 0.2) is 5.78 Å². The van der Waals surface area contributed by atoms with E-state index in [1.165, 1.54) is 0 Å². The van der Waals surface area contributed by atoms with E-state index in [0.717, 1.165) is 4.47 Å². The van der Waals surface area contributed by atoms with Crippen molar-refractivity contribution in [2.45, 2.75) is 13.3 Å². The predicted molar refractivity (Wildman–Crippen MR) is 79.8 cm³/mol. The summed E-state index contributed by atoms with van der Waals surface area (Å²) in [6, 6.07) is 7.22. The van der Waals surface area contributed by atoms with E-state index >= 15 is 0 Å². The van der Waals surface area contributed by atoms with Crippen LogP contribution in [0.1, 0.15) is 23.7 Å². The molecule has 0 spiro atoms. The van der Waals surface area contributed by atoms with Crippen molar-refractivity contribution in [3.63, 3.8) is 0 Å². The number of benzene rings is 1. The Labute approximate surface area is 127 Å². The molecule has 0 fully saturated rings. The zero-order chi connectivity index (χ0) is 13.4. The SMILES string of the molecule is CCOC(=O)CNCCC(=O)c1ccc(Br)cc1.Cl. The molecule has 106 valence electrons. The molecule has 0 aliphatic rings. The van der Waals surface area contributed by atoms with Gasteiger partial charge in [0.2, 0.25) is 0 Å². The topological polar surface area (TPSA) is 55.4 Å². The predicted octanol–water partition coefficient (Wildman–Crippen LogP) is 2.60. The largest absolute Gasteiger partial charge is 0.465 e. The van der Waals surface area contributed by atoms with Crippen molar-refractivity contribution in [3.05, 3.63) is 34.3 Å². The van der Waals surface area contributed by atoms with Gasteiger partial charge in [-0.25, -0.2) is 0 Å². The van der Waals surface area contributed by atoms with Crippen molar-refractivity contribution in [1.29, 1.82) is 0 Å². The molecule has 4 nitrogen and oxygen atoms in total. The molecule has 0 aliphatic heterocycles. The molecule has 0 atom stereocenters. The molecule has 0 radical (unpaired) electrons. The third-order valence-corrected chi connectivity index (χ3v) is 2.80. The first kappa shape index (κ1) is 18.1. The maximum atomic E-state index is 11.8. The fourth-order valence-corrected chi connectivity index (χ4v) is 1.65. The first-order valence-corrected chi connectivity index (χ1v) is 6.58. The van der Waals surface area contributed by atoms with E-state index in [1.807, 2.05) is 12.1 Å². The molecule has 0 aliphatic carbocycles. The van der Waals surface area contributed by atoms with Gasteiger partial charge in [-0.15, -0.1) is 12.4 Å². The zero-order valence-electron chi connectivity index (χ0n) is 10.6. The van der Waals surface area contributed by atoms with Crippen molar-refractivity contribution in [2.75, 3.05) is 19.7 Å². The molecule has 19 heavy (non-hydrogen) atoms. The van der Waals surface area contributed by atoms with E-state index in [-0.39, 0.29) is 30.7 Å². The van der Waals surface area contributed by atoms with Gasteiger partial charge in [0.25, 0.3) is 0 Å². The number of nitrogens with one attached hydrogen (secondary N) is 1. The summed E-state index contributed by atoms with van der Waals surface area (Å²) in [5, 5.41) is 2.88. The van der Waals surface area contributed by atoms with Gasteiger partial charge < -0.3 is 10.1 Å². The van der Waals surface area contributed by atoms with Crippen LogP contribution >= 0.6 is 28.3 Å². The molecule has 1 rings (SSSR count). The second-order valence-electron chi connectivity index (χ2n) is 3.66. The lowest BCUT2D eigenvalue weighted by Crippen LogP contribution is -2.26. The van der Waals surface area contributed by atoms with Gasteiger partial charge in [-0.1, -0.05) is 28.1 Å². The highest BCUT2D eigenvalue weighted by molar-refractivity contribution is 9.10. The molecule has 1 aromatic rings. The van der Waals surface area contributed by atoms with Crippen LogP contribution in [0, 0.1) is 0 Å². The number of Topliss-reactive ketones (excluding diaryl/α,β-unsaturated/α-hetero) is 1. The Hall–Kier alpha value is -0.910. The highest BCUT2D eigenvalue weighted by Crippen LogP contribution is 2.11. The maximum absolute atomic E-state index is 11.8. The Morgan fingerprint density at radius 2 is 1.89 bits per heavy atom. The van der Waals surface area contributed by atoms with Crippen LogP contribution in [0.25, 0.3) is 0 Å². The van der Waals surface area contributed by atoms with E-state index in [0.29, 0.717) is 25.1 Å². The second kappa shape index (κ2) is 9.95. The molecule has 1 aromatic carbocycles. The number of halogens is 2. The van der Waals surface area contributed by atoms with Gasteiger partial charge in [-0.05, 0) is 19.1 Å². The maximum Gasteiger partial charge on any atom is 0.319 e. The average Bonchev–Trinajstić information content (AvgIpc) is 2.35. The highest BCUT2D eigenvalue weighted by Gasteiger charge is 2.06. The van der Waals surface area contributed by atoms with E-state index in [9.17, 15) is 9.59 Å². The van der Waals surface area contributed by atoms with Gasteiger partial charge in [-0.3, -0.25) is 9.59 Å². The monoisotopic (exact) mass is 349 g/mol. The highest BCUT2D eigenvalue weighted by atomic mass is 79.9. The first-order chi connectivity index (χ1) is 8.63. The third-order valence-electron chi connectivity index (χ3n) is 2.27. The lowest BCUT2D eigenvalue weighted by molar-refractivity contribution is -0.141. The molecule has 0 amide bonds. The second-order valence-corrected chi connectivity index (χ2v) is 4.58. The van der Waals surface area contributed by atoms with E-state index in [2.05, 4.69) is 21.2 Å². The number of ether oxygens (including phenoxy) is 1. The molecular weight excluding hydrogens is 334 g/mol. The van der Waals surface area contributed by atoms with Crippen LogP contribution in [-0.2, 0) is 9.53 Å². The lowest BCUT2D eigenvalue weighted by atomic mass is 10.1. The van der Waals surface area contributed by atoms with Gasteiger partial charge >= 0.3 is 5.97 Å². The van der Waals surface area contributed by atoms with Crippen LogP contribution in [-0.4, -0.2) is 31.4 Å². The van der Waals surface area contributed by atoms with Crippen LogP contribution < -0.4 is 5.32 Å². The van der Waals surface area contributed by atoms with Gasteiger partial charge in [0, 0.05) is 23.0 Å². The molecule has 6 heteroatoms. The third kappa shape index (κ3) is 7.30. The number of ketones is 1. The standard InChI is InChI=1S/C13H16BrNO3.ClH/c1-2-18-13(17)9-15-8-7-12(16)10-3-5-11(14)6-4-10;/h3-6,15H,2,7-9H2,1H3;1H. The molecule has 0 aromatic heterocycles. The van der Waals surface area contributed by atoms with Crippen LogP contribution in [0.4, 0.5) is 0 Å². The summed E-state index contributed by atoms with van der Waals surface area (Å²) in [5.74, 6) is -0.243. The number of hydrogen-bond acceptors (Lipinski definition) is 4. The smallest absolute Gasteiger partial charge is 0.319 e. The summed E-state index contributed by atoms with van der Waals surface area (Å²) >= 11 is 3.31. The number of hydrogen-bond donors (Lipinski definition) is 1. The minimum atomic E-state index is -0.298. The molecule has 0 saturated heterocycles. The average molecular weight is 351 g/mol. The van der Waals surface area contributed by atoms with Crippen LogP contribution in [0.3, 0.4) is 0 Å². The fourth-order valence-electron chi connectivity index (χ4n) is 1.38. The summed E-state index contributed by atoms with van der Waals surface area (Å²) in [6.07, 6.45) is 0.362.